The van der Waals surface area contributed by atoms with Gasteiger partial charge in [0.1, 0.15) is 0 Å². The molecule has 2 aromatic rings. The second-order valence-electron chi connectivity index (χ2n) is 3.21. The predicted molar refractivity (Wildman–Crippen MR) is 58.8 cm³/mol. The topological polar surface area (TPSA) is 14.2 Å². The number of rotatable bonds is 3. The van der Waals surface area contributed by atoms with Gasteiger partial charge in [-0.3, -0.25) is 0 Å². The molecule has 2 rings (SSSR count). The molecule has 0 bridgehead atoms. The lowest BCUT2D eigenvalue weighted by molar-refractivity contribution is 0.188. The summed E-state index contributed by atoms with van der Waals surface area (Å²) in [4.78, 5) is 0. The van der Waals surface area contributed by atoms with E-state index in [4.69, 9.17) is 16.3 Å². The highest BCUT2D eigenvalue weighted by molar-refractivity contribution is 6.31. The van der Waals surface area contributed by atoms with Crippen molar-refractivity contribution >= 4 is 22.5 Å². The number of benzene rings is 1. The zero-order valence-corrected chi connectivity index (χ0v) is 8.79. The van der Waals surface area contributed by atoms with Gasteiger partial charge in [-0.15, -0.1) is 0 Å². The fraction of sp³-hybridized carbons (Fsp3) is 0.273. The number of fused-ring (bicyclic) bond motifs is 1. The van der Waals surface area contributed by atoms with Crippen LogP contribution in [0.3, 0.4) is 0 Å². The lowest BCUT2D eigenvalue weighted by Crippen LogP contribution is -2.02. The van der Waals surface area contributed by atoms with Gasteiger partial charge in [0, 0.05) is 35.8 Å². The fourth-order valence-corrected chi connectivity index (χ4v) is 1.74. The van der Waals surface area contributed by atoms with E-state index in [9.17, 15) is 0 Å². The SMILES string of the molecule is COCCn1ccc2cc(Cl)ccc21. The molecule has 1 heterocycles. The van der Waals surface area contributed by atoms with Crippen molar-refractivity contribution < 1.29 is 4.74 Å². The van der Waals surface area contributed by atoms with Gasteiger partial charge in [0.2, 0.25) is 0 Å². The molecule has 0 radical (unpaired) electrons. The van der Waals surface area contributed by atoms with E-state index in [1.165, 1.54) is 10.9 Å². The van der Waals surface area contributed by atoms with Gasteiger partial charge >= 0.3 is 0 Å². The van der Waals surface area contributed by atoms with Crippen molar-refractivity contribution in [1.29, 1.82) is 0 Å². The van der Waals surface area contributed by atoms with Crippen LogP contribution in [0.4, 0.5) is 0 Å². The Morgan fingerprint density at radius 2 is 2.21 bits per heavy atom. The Hall–Kier alpha value is -0.990. The Labute approximate surface area is 88.0 Å². The third-order valence-electron chi connectivity index (χ3n) is 2.27. The Balaban J connectivity index is 2.37. The summed E-state index contributed by atoms with van der Waals surface area (Å²) in [5.74, 6) is 0. The largest absolute Gasteiger partial charge is 0.383 e. The van der Waals surface area contributed by atoms with E-state index < -0.39 is 0 Å². The number of nitrogens with zero attached hydrogens (tertiary/aromatic N) is 1. The first-order chi connectivity index (χ1) is 6.81. The van der Waals surface area contributed by atoms with Gasteiger partial charge in [0.05, 0.1) is 6.61 Å². The number of ether oxygens (including phenoxy) is 1. The summed E-state index contributed by atoms with van der Waals surface area (Å²) in [7, 11) is 1.71. The molecular weight excluding hydrogens is 198 g/mol. The van der Waals surface area contributed by atoms with Crippen LogP contribution in [0.15, 0.2) is 30.5 Å². The molecule has 3 heteroatoms. The Morgan fingerprint density at radius 1 is 1.36 bits per heavy atom. The van der Waals surface area contributed by atoms with Gasteiger partial charge in [-0.1, -0.05) is 11.6 Å². The van der Waals surface area contributed by atoms with Crippen LogP contribution in [-0.4, -0.2) is 18.3 Å². The summed E-state index contributed by atoms with van der Waals surface area (Å²) in [5, 5.41) is 1.95. The molecule has 1 aromatic carbocycles. The summed E-state index contributed by atoms with van der Waals surface area (Å²) < 4.78 is 7.20. The summed E-state index contributed by atoms with van der Waals surface area (Å²) in [5.41, 5.74) is 1.20. The monoisotopic (exact) mass is 209 g/mol. The summed E-state index contributed by atoms with van der Waals surface area (Å²) >= 11 is 5.90. The van der Waals surface area contributed by atoms with E-state index >= 15 is 0 Å². The van der Waals surface area contributed by atoms with Gasteiger partial charge < -0.3 is 9.30 Å². The molecule has 0 aliphatic rings. The first-order valence-corrected chi connectivity index (χ1v) is 4.92. The van der Waals surface area contributed by atoms with Gasteiger partial charge in [-0.2, -0.15) is 0 Å². The second kappa shape index (κ2) is 4.03. The van der Waals surface area contributed by atoms with Crippen LogP contribution in [0, 0.1) is 0 Å². The van der Waals surface area contributed by atoms with Crippen LogP contribution >= 0.6 is 11.6 Å². The number of halogens is 1. The van der Waals surface area contributed by atoms with E-state index in [-0.39, 0.29) is 0 Å². The molecule has 0 N–H and O–H groups in total. The lowest BCUT2D eigenvalue weighted by Gasteiger charge is -2.03. The molecule has 0 atom stereocenters. The smallest absolute Gasteiger partial charge is 0.0641 e. The number of methoxy groups -OCH3 is 1. The molecule has 0 amide bonds. The van der Waals surface area contributed by atoms with E-state index in [2.05, 4.69) is 16.8 Å². The van der Waals surface area contributed by atoms with E-state index in [0.717, 1.165) is 18.2 Å². The van der Waals surface area contributed by atoms with Crippen molar-refractivity contribution in [1.82, 2.24) is 4.57 Å². The quantitative estimate of drug-likeness (QED) is 0.758. The maximum atomic E-state index is 5.90. The predicted octanol–water partition coefficient (Wildman–Crippen LogP) is 2.94. The van der Waals surface area contributed by atoms with Crippen molar-refractivity contribution in [3.8, 4) is 0 Å². The Bertz CT molecular complexity index is 436. The molecule has 1 aromatic heterocycles. The first-order valence-electron chi connectivity index (χ1n) is 4.54. The first kappa shape index (κ1) is 9.56. The number of hydrogen-bond acceptors (Lipinski definition) is 1. The molecule has 0 aliphatic heterocycles. The maximum absolute atomic E-state index is 5.90. The summed E-state index contributed by atoms with van der Waals surface area (Å²) in [6.45, 7) is 1.61. The molecule has 0 fully saturated rings. The highest BCUT2D eigenvalue weighted by atomic mass is 35.5. The Kier molecular flexibility index (Phi) is 2.75. The lowest BCUT2D eigenvalue weighted by atomic mass is 10.2. The van der Waals surface area contributed by atoms with Crippen molar-refractivity contribution in [2.45, 2.75) is 6.54 Å². The van der Waals surface area contributed by atoms with E-state index in [1.807, 2.05) is 18.2 Å². The van der Waals surface area contributed by atoms with Gasteiger partial charge in [-0.05, 0) is 24.3 Å². The Morgan fingerprint density at radius 3 is 3.00 bits per heavy atom. The van der Waals surface area contributed by atoms with E-state index in [0.29, 0.717) is 0 Å². The maximum Gasteiger partial charge on any atom is 0.0641 e. The van der Waals surface area contributed by atoms with Crippen LogP contribution in [0.2, 0.25) is 5.02 Å². The molecule has 0 unspecified atom stereocenters. The van der Waals surface area contributed by atoms with Crippen LogP contribution in [0.25, 0.3) is 10.9 Å². The standard InChI is InChI=1S/C11H12ClNO/c1-14-7-6-13-5-4-9-8-10(12)2-3-11(9)13/h2-5,8H,6-7H2,1H3. The molecule has 0 saturated carbocycles. The third kappa shape index (κ3) is 1.76. The van der Waals surface area contributed by atoms with Crippen LogP contribution in [0.5, 0.6) is 0 Å². The average Bonchev–Trinajstić information content (AvgIpc) is 2.57. The molecule has 0 spiro atoms. The molecule has 0 saturated heterocycles. The molecule has 0 aliphatic carbocycles. The summed E-state index contributed by atoms with van der Waals surface area (Å²) in [6, 6.07) is 7.98. The fourth-order valence-electron chi connectivity index (χ4n) is 1.56. The average molecular weight is 210 g/mol. The van der Waals surface area contributed by atoms with Crippen molar-refractivity contribution in [2.75, 3.05) is 13.7 Å². The van der Waals surface area contributed by atoms with Gasteiger partial charge in [0.25, 0.3) is 0 Å². The number of hydrogen-bond donors (Lipinski definition) is 0. The molecule has 14 heavy (non-hydrogen) atoms. The third-order valence-corrected chi connectivity index (χ3v) is 2.50. The minimum atomic E-state index is 0.729. The second-order valence-corrected chi connectivity index (χ2v) is 3.64. The minimum Gasteiger partial charge on any atom is -0.383 e. The summed E-state index contributed by atoms with van der Waals surface area (Å²) in [6.07, 6.45) is 2.06. The van der Waals surface area contributed by atoms with Crippen molar-refractivity contribution in [2.24, 2.45) is 0 Å². The highest BCUT2D eigenvalue weighted by Gasteiger charge is 2.00. The zero-order chi connectivity index (χ0) is 9.97. The highest BCUT2D eigenvalue weighted by Crippen LogP contribution is 2.20. The van der Waals surface area contributed by atoms with Crippen LogP contribution in [-0.2, 0) is 11.3 Å². The van der Waals surface area contributed by atoms with Gasteiger partial charge in [0.15, 0.2) is 0 Å². The van der Waals surface area contributed by atoms with Crippen LogP contribution in [0.1, 0.15) is 0 Å². The molecule has 2 nitrogen and oxygen atoms in total. The van der Waals surface area contributed by atoms with E-state index in [1.54, 1.807) is 7.11 Å². The van der Waals surface area contributed by atoms with Crippen molar-refractivity contribution in [3.63, 3.8) is 0 Å². The molecule has 74 valence electrons. The number of aromatic nitrogens is 1. The van der Waals surface area contributed by atoms with Gasteiger partial charge in [-0.25, -0.2) is 0 Å². The van der Waals surface area contributed by atoms with Crippen molar-refractivity contribution in [3.05, 3.63) is 35.5 Å². The molecular formula is C11H12ClNO. The normalized spacial score (nSPS) is 11.0. The minimum absolute atomic E-state index is 0.729. The zero-order valence-electron chi connectivity index (χ0n) is 8.03. The van der Waals surface area contributed by atoms with Crippen LogP contribution < -0.4 is 0 Å².